The lowest BCUT2D eigenvalue weighted by molar-refractivity contribution is -0.143. The van der Waals surface area contributed by atoms with Crippen molar-refractivity contribution >= 4 is 18.0 Å². The molecule has 0 aromatic heterocycles. The van der Waals surface area contributed by atoms with Crippen molar-refractivity contribution in [3.05, 3.63) is 59.7 Å². The SMILES string of the molecule is COCC(NC(=O)[C@@H]1C[C@@H]1CNC(=O)OCC1c2ccccc2-c2ccccc21)C(=O)O. The third-order valence-electron chi connectivity index (χ3n) is 6.06. The van der Waals surface area contributed by atoms with Crippen LogP contribution in [-0.2, 0) is 19.1 Å². The summed E-state index contributed by atoms with van der Waals surface area (Å²) < 4.78 is 10.3. The average molecular weight is 438 g/mol. The van der Waals surface area contributed by atoms with Gasteiger partial charge >= 0.3 is 12.1 Å². The molecule has 32 heavy (non-hydrogen) atoms. The molecule has 0 heterocycles. The van der Waals surface area contributed by atoms with Crippen LogP contribution in [0.25, 0.3) is 11.1 Å². The van der Waals surface area contributed by atoms with E-state index >= 15 is 0 Å². The van der Waals surface area contributed by atoms with E-state index in [4.69, 9.17) is 14.6 Å². The average Bonchev–Trinajstić information content (AvgIpc) is 3.51. The maximum absolute atomic E-state index is 12.3. The Balaban J connectivity index is 1.25. The summed E-state index contributed by atoms with van der Waals surface area (Å²) in [7, 11) is 1.38. The highest BCUT2D eigenvalue weighted by Crippen LogP contribution is 2.44. The number of carboxylic acids is 1. The molecular weight excluding hydrogens is 412 g/mol. The van der Waals surface area contributed by atoms with Gasteiger partial charge in [-0.15, -0.1) is 0 Å². The minimum Gasteiger partial charge on any atom is -0.480 e. The van der Waals surface area contributed by atoms with Gasteiger partial charge in [0.1, 0.15) is 6.61 Å². The highest BCUT2D eigenvalue weighted by molar-refractivity contribution is 5.87. The molecule has 3 N–H and O–H groups in total. The second-order valence-electron chi connectivity index (χ2n) is 8.16. The predicted molar refractivity (Wildman–Crippen MR) is 116 cm³/mol. The van der Waals surface area contributed by atoms with Crippen LogP contribution in [-0.4, -0.2) is 56.0 Å². The molecule has 2 aliphatic rings. The monoisotopic (exact) mass is 438 g/mol. The van der Waals surface area contributed by atoms with Crippen LogP contribution in [0.1, 0.15) is 23.5 Å². The maximum Gasteiger partial charge on any atom is 0.407 e. The van der Waals surface area contributed by atoms with Gasteiger partial charge in [-0.2, -0.15) is 0 Å². The highest BCUT2D eigenvalue weighted by Gasteiger charge is 2.44. The second kappa shape index (κ2) is 9.40. The van der Waals surface area contributed by atoms with Crippen molar-refractivity contribution in [1.82, 2.24) is 10.6 Å². The van der Waals surface area contributed by atoms with Gasteiger partial charge in [0.15, 0.2) is 6.04 Å². The van der Waals surface area contributed by atoms with E-state index < -0.39 is 18.1 Å². The number of hydrogen-bond donors (Lipinski definition) is 3. The van der Waals surface area contributed by atoms with Gasteiger partial charge in [-0.3, -0.25) is 4.79 Å². The van der Waals surface area contributed by atoms with E-state index in [1.165, 1.54) is 7.11 Å². The number of carbonyl (C=O) groups excluding carboxylic acids is 2. The Morgan fingerprint density at radius 3 is 2.28 bits per heavy atom. The molecule has 2 aromatic rings. The zero-order chi connectivity index (χ0) is 22.7. The van der Waals surface area contributed by atoms with Crippen molar-refractivity contribution in [2.45, 2.75) is 18.4 Å². The van der Waals surface area contributed by atoms with Crippen LogP contribution < -0.4 is 10.6 Å². The van der Waals surface area contributed by atoms with E-state index in [0.717, 1.165) is 22.3 Å². The zero-order valence-corrected chi connectivity index (χ0v) is 17.7. The van der Waals surface area contributed by atoms with Gasteiger partial charge in [0.05, 0.1) is 6.61 Å². The molecule has 0 spiro atoms. The molecule has 0 aliphatic heterocycles. The van der Waals surface area contributed by atoms with Crippen LogP contribution in [0.4, 0.5) is 4.79 Å². The number of benzene rings is 2. The fourth-order valence-corrected chi connectivity index (χ4v) is 4.28. The van der Waals surface area contributed by atoms with Crippen molar-refractivity contribution in [3.63, 3.8) is 0 Å². The van der Waals surface area contributed by atoms with Gasteiger partial charge in [-0.1, -0.05) is 48.5 Å². The maximum atomic E-state index is 12.3. The molecule has 168 valence electrons. The van der Waals surface area contributed by atoms with E-state index in [-0.39, 0.29) is 36.9 Å². The van der Waals surface area contributed by atoms with Crippen molar-refractivity contribution in [3.8, 4) is 11.1 Å². The first-order valence-electron chi connectivity index (χ1n) is 10.6. The lowest BCUT2D eigenvalue weighted by atomic mass is 9.98. The Morgan fingerprint density at radius 2 is 1.69 bits per heavy atom. The summed E-state index contributed by atoms with van der Waals surface area (Å²) in [6.45, 7) is 0.430. The van der Waals surface area contributed by atoms with Crippen molar-refractivity contribution < 1.29 is 29.0 Å². The zero-order valence-electron chi connectivity index (χ0n) is 17.7. The third-order valence-corrected chi connectivity index (χ3v) is 6.06. The van der Waals surface area contributed by atoms with Gasteiger partial charge in [-0.05, 0) is 34.6 Å². The number of carbonyl (C=O) groups is 3. The molecule has 1 unspecified atom stereocenters. The molecule has 1 saturated carbocycles. The number of rotatable bonds is 9. The number of fused-ring (bicyclic) bond motifs is 3. The molecule has 8 nitrogen and oxygen atoms in total. The number of carboxylic acid groups (broad SMARTS) is 1. The van der Waals surface area contributed by atoms with Crippen LogP contribution in [0.15, 0.2) is 48.5 Å². The summed E-state index contributed by atoms with van der Waals surface area (Å²) in [5.74, 6) is -1.85. The molecule has 0 saturated heterocycles. The van der Waals surface area contributed by atoms with Crippen molar-refractivity contribution in [2.75, 3.05) is 26.9 Å². The van der Waals surface area contributed by atoms with Gasteiger partial charge in [0.25, 0.3) is 0 Å². The lowest BCUT2D eigenvalue weighted by Crippen LogP contribution is -2.44. The molecule has 2 amide bonds. The summed E-state index contributed by atoms with van der Waals surface area (Å²) >= 11 is 0. The van der Waals surface area contributed by atoms with Crippen LogP contribution in [0.5, 0.6) is 0 Å². The molecule has 3 atom stereocenters. The first kappa shape index (κ1) is 21.8. The first-order chi connectivity index (χ1) is 15.5. The summed E-state index contributed by atoms with van der Waals surface area (Å²) in [6, 6.07) is 15.2. The molecule has 4 rings (SSSR count). The summed E-state index contributed by atoms with van der Waals surface area (Å²) in [6.07, 6.45) is 0.0650. The highest BCUT2D eigenvalue weighted by atomic mass is 16.5. The number of hydrogen-bond acceptors (Lipinski definition) is 5. The third kappa shape index (κ3) is 4.60. The second-order valence-corrected chi connectivity index (χ2v) is 8.16. The Bertz CT molecular complexity index is 978. The van der Waals surface area contributed by atoms with Gasteiger partial charge in [0, 0.05) is 25.5 Å². The molecule has 2 aromatic carbocycles. The summed E-state index contributed by atoms with van der Waals surface area (Å²) in [5, 5.41) is 14.3. The van der Waals surface area contributed by atoms with Crippen LogP contribution in [0.3, 0.4) is 0 Å². The molecule has 0 bridgehead atoms. The number of aliphatic carboxylic acids is 1. The number of methoxy groups -OCH3 is 1. The predicted octanol–water partition coefficient (Wildman–Crippen LogP) is 2.38. The fourth-order valence-electron chi connectivity index (χ4n) is 4.28. The number of alkyl carbamates (subject to hydrolysis) is 1. The number of ether oxygens (including phenoxy) is 2. The van der Waals surface area contributed by atoms with Crippen LogP contribution >= 0.6 is 0 Å². The van der Waals surface area contributed by atoms with Crippen LogP contribution in [0.2, 0.25) is 0 Å². The van der Waals surface area contributed by atoms with E-state index in [9.17, 15) is 14.4 Å². The van der Waals surface area contributed by atoms with Gasteiger partial charge < -0.3 is 25.2 Å². The van der Waals surface area contributed by atoms with E-state index in [1.54, 1.807) is 0 Å². The van der Waals surface area contributed by atoms with Crippen molar-refractivity contribution in [1.29, 1.82) is 0 Å². The van der Waals surface area contributed by atoms with Crippen LogP contribution in [0, 0.1) is 11.8 Å². The Morgan fingerprint density at radius 1 is 1.06 bits per heavy atom. The lowest BCUT2D eigenvalue weighted by Gasteiger charge is -2.15. The smallest absolute Gasteiger partial charge is 0.407 e. The molecular formula is C24H26N2O6. The number of amides is 2. The fraction of sp³-hybridized carbons (Fsp3) is 0.375. The molecule has 0 radical (unpaired) electrons. The first-order valence-corrected chi connectivity index (χ1v) is 10.6. The summed E-state index contributed by atoms with van der Waals surface area (Å²) in [4.78, 5) is 35.6. The van der Waals surface area contributed by atoms with Gasteiger partial charge in [-0.25, -0.2) is 9.59 Å². The minimum atomic E-state index is -1.14. The molecule has 1 fully saturated rings. The summed E-state index contributed by atoms with van der Waals surface area (Å²) in [5.41, 5.74) is 4.61. The Labute approximate surface area is 185 Å². The van der Waals surface area contributed by atoms with E-state index in [1.807, 2.05) is 24.3 Å². The molecule has 8 heteroatoms. The quantitative estimate of drug-likeness (QED) is 0.554. The van der Waals surface area contributed by atoms with Gasteiger partial charge in [0.2, 0.25) is 5.91 Å². The van der Waals surface area contributed by atoms with E-state index in [2.05, 4.69) is 34.9 Å². The van der Waals surface area contributed by atoms with Crippen molar-refractivity contribution in [2.24, 2.45) is 11.8 Å². The molecule has 2 aliphatic carbocycles. The standard InChI is InChI=1S/C24H26N2O6/c1-31-13-21(23(28)29)26-22(27)19-10-14(19)11-25-24(30)32-12-20-17-8-4-2-6-15(17)16-7-3-5-9-18(16)20/h2-9,14,19-21H,10-13H2,1H3,(H,25,30)(H,26,27)(H,28,29)/t14-,19-,21?/m1/s1. The Hall–Kier alpha value is -3.39. The minimum absolute atomic E-state index is 0.0127. The normalized spacial score (nSPS) is 19.4. The van der Waals surface area contributed by atoms with E-state index in [0.29, 0.717) is 13.0 Å². The Kier molecular flexibility index (Phi) is 6.41. The topological polar surface area (TPSA) is 114 Å². The largest absolute Gasteiger partial charge is 0.480 e. The number of nitrogens with one attached hydrogen (secondary N) is 2.